The molecule has 0 aliphatic rings. The van der Waals surface area contributed by atoms with Gasteiger partial charge < -0.3 is 15.8 Å². The molecule has 0 unspecified atom stereocenters. The van der Waals surface area contributed by atoms with Crippen LogP contribution in [0.3, 0.4) is 0 Å². The van der Waals surface area contributed by atoms with Gasteiger partial charge in [-0.05, 0) is 24.6 Å². The van der Waals surface area contributed by atoms with E-state index in [0.717, 1.165) is 11.3 Å². The van der Waals surface area contributed by atoms with E-state index in [1.54, 1.807) is 18.2 Å². The molecule has 1 aromatic rings. The molecule has 0 saturated heterocycles. The van der Waals surface area contributed by atoms with Crippen LogP contribution in [0.2, 0.25) is 5.02 Å². The molecule has 0 radical (unpaired) electrons. The lowest BCUT2D eigenvalue weighted by molar-refractivity contribution is 0.292. The maximum absolute atomic E-state index is 8.61. The van der Waals surface area contributed by atoms with E-state index in [0.29, 0.717) is 18.0 Å². The van der Waals surface area contributed by atoms with E-state index in [-0.39, 0.29) is 6.61 Å². The monoisotopic (exact) mass is 242 g/mol. The van der Waals surface area contributed by atoms with Gasteiger partial charge in [0.15, 0.2) is 0 Å². The van der Waals surface area contributed by atoms with Crippen LogP contribution in [-0.4, -0.2) is 24.5 Å². The highest BCUT2D eigenvalue weighted by Crippen LogP contribution is 2.19. The molecule has 0 heterocycles. The third kappa shape index (κ3) is 5.14. The third-order valence-electron chi connectivity index (χ3n) is 1.82. The largest absolute Gasteiger partial charge is 0.396 e. The van der Waals surface area contributed by atoms with Crippen LogP contribution in [0, 0.1) is 5.41 Å². The molecule has 0 aliphatic heterocycles. The Bertz CT molecular complexity index is 316. The Kier molecular flexibility index (Phi) is 8.58. The second-order valence-electron chi connectivity index (χ2n) is 2.88. The number of benzene rings is 1. The predicted molar refractivity (Wildman–Crippen MR) is 70.9 cm³/mol. The molecule has 1 aromatic carbocycles. The molecule has 0 aromatic heterocycles. The first-order valence-electron chi connectivity index (χ1n) is 5.42. The zero-order chi connectivity index (χ0) is 12.4. The molecule has 0 amide bonds. The lowest BCUT2D eigenvalue weighted by atomic mass is 10.2. The van der Waals surface area contributed by atoms with Gasteiger partial charge in [-0.2, -0.15) is 0 Å². The van der Waals surface area contributed by atoms with Gasteiger partial charge in [-0.3, -0.25) is 0 Å². The van der Waals surface area contributed by atoms with Crippen molar-refractivity contribution in [3.8, 4) is 0 Å². The van der Waals surface area contributed by atoms with Gasteiger partial charge in [0.1, 0.15) is 0 Å². The van der Waals surface area contributed by atoms with Gasteiger partial charge in [-0.15, -0.1) is 0 Å². The first kappa shape index (κ1) is 14.9. The van der Waals surface area contributed by atoms with Crippen LogP contribution < -0.4 is 5.32 Å². The standard InChI is InChI=1S/C10H13ClN2O.C2H6/c11-9-3-2-8(7-12)10(6-9)13-4-1-5-14;1-2/h2-3,6-7,12-14H,1,4-5H2;1-2H3. The Labute approximate surface area is 102 Å². The SMILES string of the molecule is CC.N=Cc1ccc(Cl)cc1NCCCO. The van der Waals surface area contributed by atoms with Crippen LogP contribution in [0.1, 0.15) is 25.8 Å². The Morgan fingerprint density at radius 3 is 2.69 bits per heavy atom. The fraction of sp³-hybridized carbons (Fsp3) is 0.417. The van der Waals surface area contributed by atoms with Crippen LogP contribution in [0.4, 0.5) is 5.69 Å². The van der Waals surface area contributed by atoms with Crippen LogP contribution in [0.25, 0.3) is 0 Å². The zero-order valence-electron chi connectivity index (χ0n) is 9.76. The Hall–Kier alpha value is -1.06. The number of rotatable bonds is 5. The molecule has 3 N–H and O–H groups in total. The number of aliphatic hydroxyl groups excluding tert-OH is 1. The molecule has 16 heavy (non-hydrogen) atoms. The highest BCUT2D eigenvalue weighted by molar-refractivity contribution is 6.31. The highest BCUT2D eigenvalue weighted by Gasteiger charge is 1.99. The van der Waals surface area contributed by atoms with Gasteiger partial charge in [0, 0.05) is 35.6 Å². The summed E-state index contributed by atoms with van der Waals surface area (Å²) < 4.78 is 0. The third-order valence-corrected chi connectivity index (χ3v) is 2.06. The van der Waals surface area contributed by atoms with Gasteiger partial charge >= 0.3 is 0 Å². The van der Waals surface area contributed by atoms with Crippen molar-refractivity contribution in [3.05, 3.63) is 28.8 Å². The second-order valence-corrected chi connectivity index (χ2v) is 3.32. The number of hydrogen-bond acceptors (Lipinski definition) is 3. The van der Waals surface area contributed by atoms with Crippen LogP contribution in [-0.2, 0) is 0 Å². The van der Waals surface area contributed by atoms with E-state index in [1.807, 2.05) is 13.8 Å². The van der Waals surface area contributed by atoms with Crippen LogP contribution >= 0.6 is 11.6 Å². The maximum Gasteiger partial charge on any atom is 0.0447 e. The molecule has 4 heteroatoms. The summed E-state index contributed by atoms with van der Waals surface area (Å²) in [5, 5.41) is 19.5. The van der Waals surface area contributed by atoms with Gasteiger partial charge in [-0.25, -0.2) is 0 Å². The summed E-state index contributed by atoms with van der Waals surface area (Å²) in [7, 11) is 0. The van der Waals surface area contributed by atoms with Crippen LogP contribution in [0.5, 0.6) is 0 Å². The quantitative estimate of drug-likeness (QED) is 0.549. The molecule has 0 aliphatic carbocycles. The van der Waals surface area contributed by atoms with Gasteiger partial charge in [-0.1, -0.05) is 25.4 Å². The van der Waals surface area contributed by atoms with Crippen molar-refractivity contribution >= 4 is 23.5 Å². The molecule has 0 spiro atoms. The van der Waals surface area contributed by atoms with Crippen molar-refractivity contribution in [1.82, 2.24) is 0 Å². The average molecular weight is 243 g/mol. The number of nitrogens with one attached hydrogen (secondary N) is 2. The minimum atomic E-state index is 0.160. The predicted octanol–water partition coefficient (Wildman–Crippen LogP) is 3.16. The van der Waals surface area contributed by atoms with Crippen molar-refractivity contribution < 1.29 is 5.11 Å². The average Bonchev–Trinajstić information content (AvgIpc) is 2.32. The van der Waals surface area contributed by atoms with Crippen molar-refractivity contribution in [2.24, 2.45) is 0 Å². The number of hydrogen-bond donors (Lipinski definition) is 3. The van der Waals surface area contributed by atoms with Crippen molar-refractivity contribution in [2.75, 3.05) is 18.5 Å². The lowest BCUT2D eigenvalue weighted by Crippen LogP contribution is -2.05. The summed E-state index contributed by atoms with van der Waals surface area (Å²) in [4.78, 5) is 0. The number of anilines is 1. The van der Waals surface area contributed by atoms with Crippen molar-refractivity contribution in [1.29, 1.82) is 5.41 Å². The summed E-state index contributed by atoms with van der Waals surface area (Å²) in [6.45, 7) is 4.84. The Morgan fingerprint density at radius 2 is 2.12 bits per heavy atom. The summed E-state index contributed by atoms with van der Waals surface area (Å²) in [5.74, 6) is 0. The topological polar surface area (TPSA) is 56.1 Å². The minimum absolute atomic E-state index is 0.160. The molecule has 0 bridgehead atoms. The molecule has 0 atom stereocenters. The van der Waals surface area contributed by atoms with Crippen molar-refractivity contribution in [2.45, 2.75) is 20.3 Å². The summed E-state index contributed by atoms with van der Waals surface area (Å²) in [5.41, 5.74) is 1.63. The van der Waals surface area contributed by atoms with Gasteiger partial charge in [0.2, 0.25) is 0 Å². The normalized spacial score (nSPS) is 9.00. The molecule has 0 fully saturated rings. The first-order chi connectivity index (χ1) is 7.77. The highest BCUT2D eigenvalue weighted by atomic mass is 35.5. The van der Waals surface area contributed by atoms with Crippen LogP contribution in [0.15, 0.2) is 18.2 Å². The van der Waals surface area contributed by atoms with E-state index in [1.165, 1.54) is 6.21 Å². The maximum atomic E-state index is 8.61. The summed E-state index contributed by atoms with van der Waals surface area (Å²) >= 11 is 5.82. The van der Waals surface area contributed by atoms with E-state index < -0.39 is 0 Å². The van der Waals surface area contributed by atoms with Gasteiger partial charge in [0.25, 0.3) is 0 Å². The fourth-order valence-electron chi connectivity index (χ4n) is 1.11. The zero-order valence-corrected chi connectivity index (χ0v) is 10.5. The van der Waals surface area contributed by atoms with Gasteiger partial charge in [0.05, 0.1) is 0 Å². The smallest absolute Gasteiger partial charge is 0.0447 e. The van der Waals surface area contributed by atoms with E-state index in [2.05, 4.69) is 5.32 Å². The number of aliphatic hydroxyl groups is 1. The molecular formula is C12H19ClN2O. The fourth-order valence-corrected chi connectivity index (χ4v) is 1.28. The molecule has 0 saturated carbocycles. The molecule has 90 valence electrons. The summed E-state index contributed by atoms with van der Waals surface area (Å²) in [6, 6.07) is 5.31. The molecular weight excluding hydrogens is 224 g/mol. The van der Waals surface area contributed by atoms with E-state index in [9.17, 15) is 0 Å². The Morgan fingerprint density at radius 1 is 1.44 bits per heavy atom. The molecule has 3 nitrogen and oxygen atoms in total. The second kappa shape index (κ2) is 9.19. The Balaban J connectivity index is 0.00000106. The number of halogens is 1. The van der Waals surface area contributed by atoms with E-state index >= 15 is 0 Å². The summed E-state index contributed by atoms with van der Waals surface area (Å²) in [6.07, 6.45) is 1.96. The molecule has 1 rings (SSSR count). The first-order valence-corrected chi connectivity index (χ1v) is 5.80. The minimum Gasteiger partial charge on any atom is -0.396 e. The lowest BCUT2D eigenvalue weighted by Gasteiger charge is -2.08. The van der Waals surface area contributed by atoms with E-state index in [4.69, 9.17) is 22.1 Å². The van der Waals surface area contributed by atoms with Crippen molar-refractivity contribution in [3.63, 3.8) is 0 Å².